The van der Waals surface area contributed by atoms with Crippen LogP contribution in [-0.4, -0.2) is 63.7 Å². The summed E-state index contributed by atoms with van der Waals surface area (Å²) in [6.07, 6.45) is 0.950. The van der Waals surface area contributed by atoms with E-state index in [1.54, 1.807) is 18.5 Å². The van der Waals surface area contributed by atoms with E-state index in [-0.39, 0.29) is 0 Å². The number of fused-ring (bicyclic) bond motifs is 1. The third-order valence-electron chi connectivity index (χ3n) is 5.37. The number of rotatable bonds is 7. The molecule has 0 spiro atoms. The predicted octanol–water partition coefficient (Wildman–Crippen LogP) is 3.64. The van der Waals surface area contributed by atoms with Crippen LogP contribution in [0.5, 0.6) is 5.88 Å². The van der Waals surface area contributed by atoms with Gasteiger partial charge in [0.25, 0.3) is 5.89 Å². The number of hydrogen-bond donors (Lipinski definition) is 0. The maximum absolute atomic E-state index is 5.85. The summed E-state index contributed by atoms with van der Waals surface area (Å²) < 4.78 is 17.0. The lowest BCUT2D eigenvalue weighted by Gasteiger charge is -2.35. The Labute approximate surface area is 184 Å². The van der Waals surface area contributed by atoms with Crippen LogP contribution >= 0.6 is 11.5 Å². The Balaban J connectivity index is 1.08. The van der Waals surface area contributed by atoms with Gasteiger partial charge in [-0.1, -0.05) is 23.4 Å². The molecular formula is C22H24N6O2S. The number of aromatic nitrogens is 4. The summed E-state index contributed by atoms with van der Waals surface area (Å²) in [6, 6.07) is 14.0. The second-order valence-corrected chi connectivity index (χ2v) is 8.35. The highest BCUT2D eigenvalue weighted by atomic mass is 32.1. The zero-order valence-corrected chi connectivity index (χ0v) is 18.2. The standard InChI is InChI=1S/C22H24N6O2S/c1-16-23-22(30-25-16)18-7-4-9-20(24-18)29-15-5-10-27-11-13-28(14-12-27)21-17-6-2-3-8-19(17)31-26-21/h2-4,6-9H,5,10-15H2,1H3. The lowest BCUT2D eigenvalue weighted by atomic mass is 10.2. The van der Waals surface area contributed by atoms with Crippen molar-refractivity contribution in [3.8, 4) is 17.5 Å². The summed E-state index contributed by atoms with van der Waals surface area (Å²) in [5.41, 5.74) is 0.629. The molecular weight excluding hydrogens is 412 g/mol. The molecule has 0 radical (unpaired) electrons. The first-order chi connectivity index (χ1) is 15.3. The van der Waals surface area contributed by atoms with Crippen LogP contribution in [0.15, 0.2) is 47.0 Å². The maximum atomic E-state index is 5.85. The van der Waals surface area contributed by atoms with E-state index in [4.69, 9.17) is 13.6 Å². The van der Waals surface area contributed by atoms with Gasteiger partial charge in [0.2, 0.25) is 5.88 Å². The number of nitrogens with zero attached hydrogens (tertiary/aromatic N) is 6. The van der Waals surface area contributed by atoms with Crippen LogP contribution in [0.3, 0.4) is 0 Å². The maximum Gasteiger partial charge on any atom is 0.276 e. The largest absolute Gasteiger partial charge is 0.478 e. The average Bonchev–Trinajstić information content (AvgIpc) is 3.44. The first-order valence-electron chi connectivity index (χ1n) is 10.5. The van der Waals surface area contributed by atoms with Gasteiger partial charge in [0.15, 0.2) is 5.82 Å². The first kappa shape index (κ1) is 19.9. The van der Waals surface area contributed by atoms with Crippen molar-refractivity contribution in [2.45, 2.75) is 13.3 Å². The van der Waals surface area contributed by atoms with E-state index < -0.39 is 0 Å². The highest BCUT2D eigenvalue weighted by Gasteiger charge is 2.20. The van der Waals surface area contributed by atoms with Crippen molar-refractivity contribution >= 4 is 27.4 Å². The minimum absolute atomic E-state index is 0.411. The van der Waals surface area contributed by atoms with Crippen LogP contribution in [-0.2, 0) is 0 Å². The summed E-state index contributed by atoms with van der Waals surface area (Å²) >= 11 is 1.58. The molecule has 31 heavy (non-hydrogen) atoms. The molecule has 0 atom stereocenters. The Morgan fingerprint density at radius 3 is 2.74 bits per heavy atom. The third kappa shape index (κ3) is 4.52. The SMILES string of the molecule is Cc1noc(-c2cccc(OCCCN3CCN(c4nsc5ccccc45)CC3)n2)n1. The van der Waals surface area contributed by atoms with Crippen LogP contribution < -0.4 is 9.64 Å². The second kappa shape index (κ2) is 8.99. The first-order valence-corrected chi connectivity index (χ1v) is 11.3. The van der Waals surface area contributed by atoms with E-state index >= 15 is 0 Å². The van der Waals surface area contributed by atoms with Crippen LogP contribution in [0, 0.1) is 6.92 Å². The third-order valence-corrected chi connectivity index (χ3v) is 6.19. The molecule has 1 aliphatic rings. The van der Waals surface area contributed by atoms with E-state index in [0.717, 1.165) is 45.0 Å². The monoisotopic (exact) mass is 436 g/mol. The topological polar surface area (TPSA) is 80.4 Å². The summed E-state index contributed by atoms with van der Waals surface area (Å²) in [5, 5.41) is 5.07. The number of benzene rings is 1. The molecule has 0 saturated carbocycles. The van der Waals surface area contributed by atoms with Crippen molar-refractivity contribution in [3.05, 3.63) is 48.3 Å². The summed E-state index contributed by atoms with van der Waals surface area (Å²) in [6.45, 7) is 7.49. The minimum atomic E-state index is 0.411. The van der Waals surface area contributed by atoms with Gasteiger partial charge in [-0.25, -0.2) is 4.98 Å². The zero-order chi connectivity index (χ0) is 21.0. The van der Waals surface area contributed by atoms with E-state index in [0.29, 0.717) is 29.9 Å². The average molecular weight is 437 g/mol. The fourth-order valence-corrected chi connectivity index (χ4v) is 4.56. The molecule has 1 saturated heterocycles. The lowest BCUT2D eigenvalue weighted by Crippen LogP contribution is -2.47. The Morgan fingerprint density at radius 1 is 1.03 bits per heavy atom. The van der Waals surface area contributed by atoms with Crippen LogP contribution in [0.25, 0.3) is 21.7 Å². The molecule has 0 aliphatic carbocycles. The van der Waals surface area contributed by atoms with Gasteiger partial charge >= 0.3 is 0 Å². The fourth-order valence-electron chi connectivity index (χ4n) is 3.76. The molecule has 1 aliphatic heterocycles. The van der Waals surface area contributed by atoms with Gasteiger partial charge in [-0.15, -0.1) is 0 Å². The number of pyridine rings is 1. The predicted molar refractivity (Wildman–Crippen MR) is 121 cm³/mol. The highest BCUT2D eigenvalue weighted by molar-refractivity contribution is 7.13. The molecule has 1 aromatic carbocycles. The molecule has 0 bridgehead atoms. The lowest BCUT2D eigenvalue weighted by molar-refractivity contribution is 0.222. The molecule has 3 aromatic heterocycles. The smallest absolute Gasteiger partial charge is 0.276 e. The molecule has 1 fully saturated rings. The molecule has 160 valence electrons. The minimum Gasteiger partial charge on any atom is -0.478 e. The Bertz CT molecular complexity index is 1150. The molecule has 0 unspecified atom stereocenters. The van der Waals surface area contributed by atoms with E-state index in [9.17, 15) is 0 Å². The van der Waals surface area contributed by atoms with Gasteiger partial charge in [0.05, 0.1) is 11.3 Å². The number of aryl methyl sites for hydroxylation is 1. The van der Waals surface area contributed by atoms with Crippen LogP contribution in [0.4, 0.5) is 5.82 Å². The van der Waals surface area contributed by atoms with E-state index in [1.165, 1.54) is 10.1 Å². The molecule has 4 heterocycles. The van der Waals surface area contributed by atoms with Crippen molar-refractivity contribution in [2.75, 3.05) is 44.2 Å². The number of ether oxygens (including phenoxy) is 1. The van der Waals surface area contributed by atoms with Gasteiger partial charge in [-0.3, -0.25) is 4.90 Å². The molecule has 8 nitrogen and oxygen atoms in total. The van der Waals surface area contributed by atoms with Gasteiger partial charge < -0.3 is 14.2 Å². The van der Waals surface area contributed by atoms with Gasteiger partial charge in [-0.05, 0) is 43.1 Å². The number of anilines is 1. The molecule has 9 heteroatoms. The quantitative estimate of drug-likeness (QED) is 0.406. The van der Waals surface area contributed by atoms with Gasteiger partial charge in [0, 0.05) is 44.2 Å². The fraction of sp³-hybridized carbons (Fsp3) is 0.364. The molecule has 5 rings (SSSR count). The summed E-state index contributed by atoms with van der Waals surface area (Å²) in [4.78, 5) is 13.6. The van der Waals surface area contributed by atoms with Crippen LogP contribution in [0.2, 0.25) is 0 Å². The number of piperazine rings is 1. The Kier molecular flexibility index (Phi) is 5.77. The highest BCUT2D eigenvalue weighted by Crippen LogP contribution is 2.29. The molecule has 4 aromatic rings. The Morgan fingerprint density at radius 2 is 1.90 bits per heavy atom. The van der Waals surface area contributed by atoms with Crippen molar-refractivity contribution in [2.24, 2.45) is 0 Å². The van der Waals surface area contributed by atoms with Crippen LogP contribution in [0.1, 0.15) is 12.2 Å². The second-order valence-electron chi connectivity index (χ2n) is 7.54. The van der Waals surface area contributed by atoms with Crippen molar-refractivity contribution in [3.63, 3.8) is 0 Å². The normalized spacial score (nSPS) is 14.9. The summed E-state index contributed by atoms with van der Waals surface area (Å²) in [5.74, 6) is 2.71. The Hall–Kier alpha value is -3.04. The molecule has 0 amide bonds. The molecule has 0 N–H and O–H groups in total. The van der Waals surface area contributed by atoms with E-state index in [1.807, 2.05) is 18.2 Å². The number of hydrogen-bond acceptors (Lipinski definition) is 9. The zero-order valence-electron chi connectivity index (χ0n) is 17.4. The van der Waals surface area contributed by atoms with Crippen molar-refractivity contribution < 1.29 is 9.26 Å². The van der Waals surface area contributed by atoms with Gasteiger partial charge in [-0.2, -0.15) is 9.36 Å². The van der Waals surface area contributed by atoms with Crippen molar-refractivity contribution in [1.82, 2.24) is 24.4 Å². The van der Waals surface area contributed by atoms with Gasteiger partial charge in [0.1, 0.15) is 11.5 Å². The van der Waals surface area contributed by atoms with Crippen molar-refractivity contribution in [1.29, 1.82) is 0 Å². The summed E-state index contributed by atoms with van der Waals surface area (Å²) in [7, 11) is 0. The van der Waals surface area contributed by atoms with E-state index in [2.05, 4.69) is 49.2 Å².